The molecule has 1 unspecified atom stereocenters. The number of amides is 1. The minimum Gasteiger partial charge on any atom is -0.497 e. The van der Waals surface area contributed by atoms with Crippen molar-refractivity contribution in [1.29, 1.82) is 0 Å². The van der Waals surface area contributed by atoms with Crippen LogP contribution in [0.2, 0.25) is 0 Å². The molecule has 2 heterocycles. The summed E-state index contributed by atoms with van der Waals surface area (Å²) in [5.41, 5.74) is 2.04. The highest BCUT2D eigenvalue weighted by molar-refractivity contribution is 5.95. The van der Waals surface area contributed by atoms with Crippen molar-refractivity contribution in [1.82, 2.24) is 9.47 Å². The molecule has 1 aromatic heterocycles. The maximum absolute atomic E-state index is 14.2. The first-order valence-corrected chi connectivity index (χ1v) is 8.53. The fourth-order valence-corrected chi connectivity index (χ4v) is 3.55. The second-order valence-corrected chi connectivity index (χ2v) is 6.28. The van der Waals surface area contributed by atoms with Gasteiger partial charge in [-0.05, 0) is 42.0 Å². The molecule has 5 heteroatoms. The van der Waals surface area contributed by atoms with E-state index in [2.05, 4.69) is 4.57 Å². The number of aromatic nitrogens is 1. The van der Waals surface area contributed by atoms with Gasteiger partial charge in [-0.25, -0.2) is 4.39 Å². The molecule has 0 aliphatic carbocycles. The Morgan fingerprint density at radius 2 is 1.92 bits per heavy atom. The van der Waals surface area contributed by atoms with Gasteiger partial charge in [0.2, 0.25) is 0 Å². The minimum absolute atomic E-state index is 0.0976. The Bertz CT molecular complexity index is 950. The summed E-state index contributed by atoms with van der Waals surface area (Å²) in [6.45, 7) is 1.19. The SMILES string of the molecule is COc1cccc(C2c3cccn3CCN2C(=O)c2ccccc2F)c1. The minimum atomic E-state index is -0.497. The van der Waals surface area contributed by atoms with E-state index in [0.717, 1.165) is 17.0 Å². The van der Waals surface area contributed by atoms with Gasteiger partial charge < -0.3 is 14.2 Å². The van der Waals surface area contributed by atoms with Crippen molar-refractivity contribution in [2.45, 2.75) is 12.6 Å². The van der Waals surface area contributed by atoms with Crippen molar-refractivity contribution >= 4 is 5.91 Å². The average molecular weight is 350 g/mol. The van der Waals surface area contributed by atoms with E-state index >= 15 is 0 Å². The lowest BCUT2D eigenvalue weighted by Gasteiger charge is -2.37. The normalized spacial score (nSPS) is 16.2. The smallest absolute Gasteiger partial charge is 0.257 e. The molecule has 1 atom stereocenters. The van der Waals surface area contributed by atoms with E-state index in [1.807, 2.05) is 42.6 Å². The molecule has 0 bridgehead atoms. The van der Waals surface area contributed by atoms with E-state index in [1.54, 1.807) is 24.1 Å². The molecule has 0 saturated heterocycles. The van der Waals surface area contributed by atoms with Gasteiger partial charge in [-0.3, -0.25) is 4.79 Å². The van der Waals surface area contributed by atoms with Gasteiger partial charge in [0, 0.05) is 25.0 Å². The quantitative estimate of drug-likeness (QED) is 0.718. The van der Waals surface area contributed by atoms with Gasteiger partial charge in [-0.15, -0.1) is 0 Å². The van der Waals surface area contributed by atoms with Crippen molar-refractivity contribution in [3.05, 3.63) is 89.5 Å². The first-order chi connectivity index (χ1) is 12.7. The van der Waals surface area contributed by atoms with Gasteiger partial charge in [0.1, 0.15) is 11.6 Å². The van der Waals surface area contributed by atoms with E-state index in [4.69, 9.17) is 4.74 Å². The van der Waals surface area contributed by atoms with E-state index in [1.165, 1.54) is 12.1 Å². The molecular formula is C21H19FN2O2. The second-order valence-electron chi connectivity index (χ2n) is 6.28. The zero-order valence-corrected chi connectivity index (χ0v) is 14.4. The predicted molar refractivity (Wildman–Crippen MR) is 96.7 cm³/mol. The summed E-state index contributed by atoms with van der Waals surface area (Å²) < 4.78 is 21.7. The maximum atomic E-state index is 14.2. The van der Waals surface area contributed by atoms with Crippen LogP contribution in [0.5, 0.6) is 5.75 Å². The molecular weight excluding hydrogens is 331 g/mol. The molecule has 1 amide bonds. The van der Waals surface area contributed by atoms with Gasteiger partial charge in [-0.2, -0.15) is 0 Å². The molecule has 0 saturated carbocycles. The molecule has 0 fully saturated rings. The number of halogens is 1. The van der Waals surface area contributed by atoms with Gasteiger partial charge in [-0.1, -0.05) is 24.3 Å². The molecule has 0 N–H and O–H groups in total. The second kappa shape index (κ2) is 6.67. The highest BCUT2D eigenvalue weighted by Crippen LogP contribution is 2.35. The molecule has 132 valence electrons. The Morgan fingerprint density at radius 1 is 1.08 bits per heavy atom. The van der Waals surface area contributed by atoms with Crippen molar-refractivity contribution in [3.8, 4) is 5.75 Å². The lowest BCUT2D eigenvalue weighted by molar-refractivity contribution is 0.0659. The van der Waals surface area contributed by atoms with Crippen LogP contribution < -0.4 is 4.74 Å². The van der Waals surface area contributed by atoms with Crippen LogP contribution in [-0.4, -0.2) is 29.0 Å². The van der Waals surface area contributed by atoms with Crippen LogP contribution >= 0.6 is 0 Å². The summed E-state index contributed by atoms with van der Waals surface area (Å²) in [4.78, 5) is 14.9. The van der Waals surface area contributed by atoms with E-state index in [0.29, 0.717) is 13.1 Å². The highest BCUT2D eigenvalue weighted by Gasteiger charge is 2.33. The number of rotatable bonds is 3. The Balaban J connectivity index is 1.80. The van der Waals surface area contributed by atoms with Crippen LogP contribution in [0.4, 0.5) is 4.39 Å². The molecule has 2 aromatic carbocycles. The van der Waals surface area contributed by atoms with E-state index in [-0.39, 0.29) is 17.5 Å². The highest BCUT2D eigenvalue weighted by atomic mass is 19.1. The predicted octanol–water partition coefficient (Wildman–Crippen LogP) is 3.88. The number of hydrogen-bond donors (Lipinski definition) is 0. The number of nitrogens with zero attached hydrogens (tertiary/aromatic N) is 2. The zero-order valence-electron chi connectivity index (χ0n) is 14.4. The molecule has 0 spiro atoms. The molecule has 4 rings (SSSR count). The number of methoxy groups -OCH3 is 1. The van der Waals surface area contributed by atoms with Crippen LogP contribution in [0, 0.1) is 5.82 Å². The lowest BCUT2D eigenvalue weighted by atomic mass is 9.98. The van der Waals surface area contributed by atoms with Gasteiger partial charge in [0.15, 0.2) is 0 Å². The average Bonchev–Trinajstić information content (AvgIpc) is 3.16. The van der Waals surface area contributed by atoms with Gasteiger partial charge >= 0.3 is 0 Å². The number of benzene rings is 2. The number of carbonyl (C=O) groups is 1. The third-order valence-corrected chi connectivity index (χ3v) is 4.81. The van der Waals surface area contributed by atoms with Crippen LogP contribution in [-0.2, 0) is 6.54 Å². The number of hydrogen-bond acceptors (Lipinski definition) is 2. The molecule has 4 nitrogen and oxygen atoms in total. The maximum Gasteiger partial charge on any atom is 0.257 e. The Hall–Kier alpha value is -3.08. The summed E-state index contributed by atoms with van der Waals surface area (Å²) in [5, 5.41) is 0. The first-order valence-electron chi connectivity index (χ1n) is 8.53. The van der Waals surface area contributed by atoms with Crippen LogP contribution in [0.3, 0.4) is 0 Å². The Morgan fingerprint density at radius 3 is 2.73 bits per heavy atom. The third-order valence-electron chi connectivity index (χ3n) is 4.81. The molecule has 1 aliphatic rings. The Kier molecular flexibility index (Phi) is 4.21. The van der Waals surface area contributed by atoms with Crippen molar-refractivity contribution in [2.75, 3.05) is 13.7 Å². The lowest BCUT2D eigenvalue weighted by Crippen LogP contribution is -2.42. The third kappa shape index (κ3) is 2.75. The molecule has 0 radical (unpaired) electrons. The van der Waals surface area contributed by atoms with Gasteiger partial charge in [0.05, 0.1) is 18.7 Å². The monoisotopic (exact) mass is 350 g/mol. The molecule has 26 heavy (non-hydrogen) atoms. The molecule has 1 aliphatic heterocycles. The van der Waals surface area contributed by atoms with Gasteiger partial charge in [0.25, 0.3) is 5.91 Å². The Labute approximate surface area is 151 Å². The first kappa shape index (κ1) is 16.4. The summed E-state index contributed by atoms with van der Waals surface area (Å²) >= 11 is 0. The number of fused-ring (bicyclic) bond motifs is 1. The fraction of sp³-hybridized carbons (Fsp3) is 0.190. The van der Waals surface area contributed by atoms with Crippen molar-refractivity contribution in [2.24, 2.45) is 0 Å². The van der Waals surface area contributed by atoms with Crippen LogP contribution in [0.15, 0.2) is 66.9 Å². The van der Waals surface area contributed by atoms with Crippen LogP contribution in [0.1, 0.15) is 27.7 Å². The van der Waals surface area contributed by atoms with E-state index in [9.17, 15) is 9.18 Å². The van der Waals surface area contributed by atoms with Crippen molar-refractivity contribution < 1.29 is 13.9 Å². The standard InChI is InChI=1S/C21H19FN2O2/c1-26-16-7-4-6-15(14-16)20-19-10-5-11-23(19)12-13-24(20)21(25)17-8-2-3-9-18(17)22/h2-11,14,20H,12-13H2,1H3. The zero-order chi connectivity index (χ0) is 18.1. The fourth-order valence-electron chi connectivity index (χ4n) is 3.55. The summed E-state index contributed by atoms with van der Waals surface area (Å²) in [7, 11) is 1.62. The van der Waals surface area contributed by atoms with Crippen molar-refractivity contribution in [3.63, 3.8) is 0 Å². The topological polar surface area (TPSA) is 34.5 Å². The molecule has 3 aromatic rings. The van der Waals surface area contributed by atoms with E-state index < -0.39 is 5.82 Å². The summed E-state index contributed by atoms with van der Waals surface area (Å²) in [6, 6.07) is 17.5. The summed E-state index contributed by atoms with van der Waals surface area (Å²) in [5.74, 6) is -0.0734. The van der Waals surface area contributed by atoms with Crippen LogP contribution in [0.25, 0.3) is 0 Å². The number of ether oxygens (including phenoxy) is 1. The summed E-state index contributed by atoms with van der Waals surface area (Å²) in [6.07, 6.45) is 2.01. The number of carbonyl (C=O) groups excluding carboxylic acids is 1. The largest absolute Gasteiger partial charge is 0.497 e.